The van der Waals surface area contributed by atoms with E-state index in [2.05, 4.69) is 25.5 Å². The van der Waals surface area contributed by atoms with E-state index in [0.717, 1.165) is 38.0 Å². The molecule has 0 saturated heterocycles. The van der Waals surface area contributed by atoms with E-state index in [1.165, 1.54) is 19.1 Å². The Labute approximate surface area is 204 Å². The molecular weight excluding hydrogens is 470 g/mol. The molecule has 186 valence electrons. The van der Waals surface area contributed by atoms with Crippen molar-refractivity contribution in [2.75, 3.05) is 11.9 Å². The molecule has 1 spiro atoms. The molecule has 1 aromatic heterocycles. The molecule has 1 fully saturated rings. The van der Waals surface area contributed by atoms with Gasteiger partial charge >= 0.3 is 0 Å². The third-order valence-corrected chi connectivity index (χ3v) is 7.80. The van der Waals surface area contributed by atoms with Gasteiger partial charge in [-0.25, -0.2) is 13.4 Å². The van der Waals surface area contributed by atoms with Crippen LogP contribution in [-0.2, 0) is 24.4 Å². The van der Waals surface area contributed by atoms with Gasteiger partial charge in [0.1, 0.15) is 17.1 Å². The fraction of sp³-hybridized carbons (Fsp3) is 0.417. The summed E-state index contributed by atoms with van der Waals surface area (Å²) in [4.78, 5) is 34.9. The number of sulfonamides is 1. The van der Waals surface area contributed by atoms with Crippen molar-refractivity contribution in [3.8, 4) is 0 Å². The number of oxime groups is 1. The van der Waals surface area contributed by atoms with Crippen LogP contribution in [0.25, 0.3) is 0 Å². The van der Waals surface area contributed by atoms with Gasteiger partial charge in [-0.05, 0) is 62.8 Å². The number of hydrogen-bond donors (Lipinski definition) is 3. The minimum Gasteiger partial charge on any atom is -0.388 e. The van der Waals surface area contributed by atoms with Crippen LogP contribution in [0.3, 0.4) is 0 Å². The Hall–Kier alpha value is -3.31. The summed E-state index contributed by atoms with van der Waals surface area (Å²) in [5, 5.41) is 9.79. The summed E-state index contributed by atoms with van der Waals surface area (Å²) < 4.78 is 27.4. The van der Waals surface area contributed by atoms with Crippen molar-refractivity contribution in [3.05, 3.63) is 54.7 Å². The lowest BCUT2D eigenvalue weighted by Crippen LogP contribution is -2.53. The first-order valence-electron chi connectivity index (χ1n) is 11.5. The number of pyridine rings is 1. The quantitative estimate of drug-likeness (QED) is 0.450. The first-order chi connectivity index (χ1) is 16.8. The average molecular weight is 500 g/mol. The van der Waals surface area contributed by atoms with Crippen molar-refractivity contribution in [1.82, 2.24) is 15.0 Å². The lowest BCUT2D eigenvalue weighted by atomic mass is 9.76. The predicted octanol–water partition coefficient (Wildman–Crippen LogP) is 2.21. The van der Waals surface area contributed by atoms with Crippen LogP contribution in [0.2, 0.25) is 0 Å². The van der Waals surface area contributed by atoms with Gasteiger partial charge in [-0.15, -0.1) is 0 Å². The smallest absolute Gasteiger partial charge is 0.270 e. The molecule has 1 aromatic carbocycles. The molecule has 4 rings (SSSR count). The van der Waals surface area contributed by atoms with Crippen LogP contribution in [0, 0.1) is 5.92 Å². The highest BCUT2D eigenvalue weighted by Gasteiger charge is 2.44. The molecule has 1 aliphatic heterocycles. The third kappa shape index (κ3) is 6.23. The largest absolute Gasteiger partial charge is 0.388 e. The van der Waals surface area contributed by atoms with E-state index in [4.69, 9.17) is 4.84 Å². The standard InChI is InChI=1S/C24H29N5O5S/c1-17(30)22(29-35(32,33)19-7-3-2-4-8-19)27-23(31)20-15-24(34-28-20)12-10-18(11-13-24)16-26-21-9-5-6-14-25-21/h2-9,14,18,22,29H,10-13,15-16H2,1H3,(H,25,26)(H,27,31)/t18?,22-,24?/m1/s1. The van der Waals surface area contributed by atoms with E-state index in [9.17, 15) is 18.0 Å². The summed E-state index contributed by atoms with van der Waals surface area (Å²) in [6.45, 7) is 2.01. The van der Waals surface area contributed by atoms with Crippen molar-refractivity contribution in [2.24, 2.45) is 11.1 Å². The number of benzene rings is 1. The molecule has 11 heteroatoms. The fourth-order valence-electron chi connectivity index (χ4n) is 4.29. The van der Waals surface area contributed by atoms with E-state index < -0.39 is 33.5 Å². The van der Waals surface area contributed by atoms with E-state index >= 15 is 0 Å². The topological polar surface area (TPSA) is 139 Å². The Morgan fingerprint density at radius 2 is 1.83 bits per heavy atom. The Balaban J connectivity index is 1.29. The number of rotatable bonds is 9. The number of aromatic nitrogens is 1. The van der Waals surface area contributed by atoms with Crippen LogP contribution in [0.1, 0.15) is 39.0 Å². The second kappa shape index (κ2) is 10.5. The molecule has 10 nitrogen and oxygen atoms in total. The number of nitrogens with one attached hydrogen (secondary N) is 3. The molecule has 0 bridgehead atoms. The van der Waals surface area contributed by atoms with Gasteiger partial charge in [-0.1, -0.05) is 29.4 Å². The van der Waals surface area contributed by atoms with E-state index in [1.807, 2.05) is 18.2 Å². The van der Waals surface area contributed by atoms with E-state index in [-0.39, 0.29) is 10.6 Å². The van der Waals surface area contributed by atoms with Gasteiger partial charge < -0.3 is 15.5 Å². The summed E-state index contributed by atoms with van der Waals surface area (Å²) in [6, 6.07) is 13.4. The third-order valence-electron chi connectivity index (χ3n) is 6.36. The number of nitrogens with zero attached hydrogens (tertiary/aromatic N) is 2. The monoisotopic (exact) mass is 499 g/mol. The minimum atomic E-state index is -4.00. The molecule has 3 N–H and O–H groups in total. The Kier molecular flexibility index (Phi) is 7.46. The van der Waals surface area contributed by atoms with Crippen molar-refractivity contribution < 1.29 is 22.8 Å². The normalized spacial score (nSPS) is 22.7. The molecule has 0 radical (unpaired) electrons. The number of Topliss-reactive ketones (excluding diaryl/α,β-unsaturated/α-hetero) is 1. The first-order valence-corrected chi connectivity index (χ1v) is 13.0. The second-order valence-electron chi connectivity index (χ2n) is 8.98. The molecule has 0 unspecified atom stereocenters. The van der Waals surface area contributed by atoms with Crippen LogP contribution in [0.4, 0.5) is 5.82 Å². The molecule has 1 amide bonds. The summed E-state index contributed by atoms with van der Waals surface area (Å²) in [7, 11) is -4.00. The lowest BCUT2D eigenvalue weighted by molar-refractivity contribution is -0.123. The van der Waals surface area contributed by atoms with Gasteiger partial charge in [0.25, 0.3) is 5.91 Å². The Morgan fingerprint density at radius 1 is 1.11 bits per heavy atom. The molecule has 2 heterocycles. The van der Waals surface area contributed by atoms with Gasteiger partial charge in [-0.2, -0.15) is 4.72 Å². The minimum absolute atomic E-state index is 0.00436. The fourth-order valence-corrected chi connectivity index (χ4v) is 5.47. The molecule has 1 atom stereocenters. The Bertz CT molecular complexity index is 1180. The highest BCUT2D eigenvalue weighted by molar-refractivity contribution is 7.89. The zero-order valence-electron chi connectivity index (χ0n) is 19.4. The Morgan fingerprint density at radius 3 is 2.49 bits per heavy atom. The number of ketones is 1. The number of anilines is 1. The SMILES string of the molecule is CC(=O)[C@H](NC(=O)C1=NOC2(CCC(CNc3ccccn3)CC2)C1)NS(=O)(=O)c1ccccc1. The summed E-state index contributed by atoms with van der Waals surface area (Å²) in [5.41, 5.74) is -0.385. The zero-order valence-corrected chi connectivity index (χ0v) is 20.3. The molecule has 2 aliphatic rings. The maximum absolute atomic E-state index is 12.8. The first kappa shape index (κ1) is 24.8. The maximum atomic E-state index is 12.8. The molecule has 1 saturated carbocycles. The van der Waals surface area contributed by atoms with Crippen LogP contribution in [0.5, 0.6) is 0 Å². The van der Waals surface area contributed by atoms with Gasteiger partial charge in [-0.3, -0.25) is 9.59 Å². The summed E-state index contributed by atoms with van der Waals surface area (Å²) in [6.07, 6.45) is 3.97. The number of amides is 1. The van der Waals surface area contributed by atoms with E-state index in [0.29, 0.717) is 12.3 Å². The van der Waals surface area contributed by atoms with Crippen molar-refractivity contribution in [1.29, 1.82) is 0 Å². The van der Waals surface area contributed by atoms with Crippen molar-refractivity contribution in [2.45, 2.75) is 55.7 Å². The highest BCUT2D eigenvalue weighted by Crippen LogP contribution is 2.40. The highest BCUT2D eigenvalue weighted by atomic mass is 32.2. The second-order valence-corrected chi connectivity index (χ2v) is 10.7. The number of carbonyl (C=O) groups is 2. The van der Waals surface area contributed by atoms with Crippen molar-refractivity contribution >= 4 is 33.2 Å². The molecule has 1 aliphatic carbocycles. The number of hydrogen-bond acceptors (Lipinski definition) is 8. The zero-order chi connectivity index (χ0) is 24.9. The predicted molar refractivity (Wildman–Crippen MR) is 130 cm³/mol. The van der Waals surface area contributed by atoms with E-state index in [1.54, 1.807) is 24.4 Å². The average Bonchev–Trinajstić information content (AvgIpc) is 3.28. The van der Waals surface area contributed by atoms with Gasteiger partial charge in [0.05, 0.1) is 4.90 Å². The summed E-state index contributed by atoms with van der Waals surface area (Å²) >= 11 is 0. The number of carbonyl (C=O) groups excluding carboxylic acids is 2. The van der Waals surface area contributed by atoms with Gasteiger partial charge in [0.2, 0.25) is 10.0 Å². The van der Waals surface area contributed by atoms with Crippen molar-refractivity contribution in [3.63, 3.8) is 0 Å². The lowest BCUT2D eigenvalue weighted by Gasteiger charge is -2.35. The van der Waals surface area contributed by atoms with Gasteiger partial charge in [0.15, 0.2) is 11.9 Å². The van der Waals surface area contributed by atoms with Crippen LogP contribution >= 0.6 is 0 Å². The summed E-state index contributed by atoms with van der Waals surface area (Å²) in [5.74, 6) is 0.124. The maximum Gasteiger partial charge on any atom is 0.270 e. The van der Waals surface area contributed by atoms with Crippen LogP contribution in [-0.4, -0.2) is 49.1 Å². The molecule has 35 heavy (non-hydrogen) atoms. The molecular formula is C24H29N5O5S. The van der Waals surface area contributed by atoms with Crippen LogP contribution in [0.15, 0.2) is 64.8 Å². The molecule has 2 aromatic rings. The van der Waals surface area contributed by atoms with Gasteiger partial charge in [0, 0.05) is 19.2 Å². The van der Waals surface area contributed by atoms with Crippen LogP contribution < -0.4 is 15.4 Å².